The number of fused-ring (bicyclic) bond motifs is 1. The molecule has 1 N–H and O–H groups in total. The van der Waals surface area contributed by atoms with Crippen molar-refractivity contribution in [3.63, 3.8) is 0 Å². The molecule has 0 radical (unpaired) electrons. The largest absolute Gasteiger partial charge is 0.389 e. The van der Waals surface area contributed by atoms with Crippen molar-refractivity contribution in [1.29, 1.82) is 0 Å². The van der Waals surface area contributed by atoms with Gasteiger partial charge in [0.05, 0.1) is 5.60 Å². The van der Waals surface area contributed by atoms with Gasteiger partial charge in [0.15, 0.2) is 0 Å². The van der Waals surface area contributed by atoms with Crippen LogP contribution in [0.3, 0.4) is 0 Å². The van der Waals surface area contributed by atoms with Crippen LogP contribution in [0.4, 0.5) is 0 Å². The van der Waals surface area contributed by atoms with Crippen LogP contribution in [0.5, 0.6) is 0 Å². The summed E-state index contributed by atoms with van der Waals surface area (Å²) in [5.41, 5.74) is 2.06. The number of hydrogen-bond acceptors (Lipinski definition) is 1. The third-order valence-corrected chi connectivity index (χ3v) is 4.35. The van der Waals surface area contributed by atoms with E-state index < -0.39 is 5.60 Å². The molecule has 2 heteroatoms. The van der Waals surface area contributed by atoms with E-state index in [1.807, 2.05) is 0 Å². The van der Waals surface area contributed by atoms with E-state index in [0.717, 1.165) is 23.7 Å². The second-order valence-corrected chi connectivity index (χ2v) is 6.79. The van der Waals surface area contributed by atoms with Gasteiger partial charge in [-0.2, -0.15) is 0 Å². The molecule has 0 bridgehead atoms. The zero-order valence-electron chi connectivity index (χ0n) is 10.2. The standard InChI is InChI=1S/C14H19BrO/c1-13(2,3)14(16)7-6-10-8-12(15)5-4-11(10)9-14/h4-5,8,16H,6-7,9H2,1-3H3. The smallest absolute Gasteiger partial charge is 0.0739 e. The van der Waals surface area contributed by atoms with Crippen molar-refractivity contribution < 1.29 is 5.11 Å². The summed E-state index contributed by atoms with van der Waals surface area (Å²) in [6, 6.07) is 6.38. The van der Waals surface area contributed by atoms with Gasteiger partial charge in [0.2, 0.25) is 0 Å². The minimum absolute atomic E-state index is 0.0578. The van der Waals surface area contributed by atoms with Crippen LogP contribution >= 0.6 is 15.9 Å². The summed E-state index contributed by atoms with van der Waals surface area (Å²) in [5, 5.41) is 10.7. The maximum absolute atomic E-state index is 10.7. The van der Waals surface area contributed by atoms with Crippen molar-refractivity contribution in [3.05, 3.63) is 33.8 Å². The van der Waals surface area contributed by atoms with Crippen LogP contribution in [-0.2, 0) is 12.8 Å². The maximum Gasteiger partial charge on any atom is 0.0739 e. The Bertz CT molecular complexity index is 406. The van der Waals surface area contributed by atoms with Crippen molar-refractivity contribution in [2.75, 3.05) is 0 Å². The van der Waals surface area contributed by atoms with Crippen LogP contribution in [-0.4, -0.2) is 10.7 Å². The van der Waals surface area contributed by atoms with E-state index in [4.69, 9.17) is 0 Å². The molecule has 1 aliphatic rings. The third-order valence-electron chi connectivity index (χ3n) is 3.86. The van der Waals surface area contributed by atoms with Gasteiger partial charge in [-0.05, 0) is 41.5 Å². The first-order valence-electron chi connectivity index (χ1n) is 5.81. The summed E-state index contributed by atoms with van der Waals surface area (Å²) in [6.45, 7) is 6.37. The predicted molar refractivity (Wildman–Crippen MR) is 70.6 cm³/mol. The lowest BCUT2D eigenvalue weighted by Crippen LogP contribution is -2.47. The minimum atomic E-state index is -0.562. The van der Waals surface area contributed by atoms with Crippen molar-refractivity contribution in [3.8, 4) is 0 Å². The molecule has 1 aliphatic carbocycles. The number of aliphatic hydroxyl groups is 1. The maximum atomic E-state index is 10.7. The fraction of sp³-hybridized carbons (Fsp3) is 0.571. The van der Waals surface area contributed by atoms with E-state index in [9.17, 15) is 5.11 Å². The van der Waals surface area contributed by atoms with Crippen LogP contribution < -0.4 is 0 Å². The molecule has 1 atom stereocenters. The lowest BCUT2D eigenvalue weighted by atomic mass is 9.67. The first kappa shape index (κ1) is 12.1. The normalized spacial score (nSPS) is 25.3. The molecule has 16 heavy (non-hydrogen) atoms. The SMILES string of the molecule is CC(C)(C)C1(O)CCc2cc(Br)ccc2C1. The summed E-state index contributed by atoms with van der Waals surface area (Å²) in [7, 11) is 0. The summed E-state index contributed by atoms with van der Waals surface area (Å²) < 4.78 is 1.13. The van der Waals surface area contributed by atoms with Crippen LogP contribution in [0.2, 0.25) is 0 Å². The Morgan fingerprint density at radius 3 is 2.56 bits per heavy atom. The first-order valence-corrected chi connectivity index (χ1v) is 6.61. The predicted octanol–water partition coefficient (Wildman–Crippen LogP) is 3.72. The van der Waals surface area contributed by atoms with E-state index in [1.165, 1.54) is 11.1 Å². The van der Waals surface area contributed by atoms with E-state index in [0.29, 0.717) is 0 Å². The van der Waals surface area contributed by atoms with Crippen LogP contribution in [0.1, 0.15) is 38.3 Å². The summed E-state index contributed by atoms with van der Waals surface area (Å²) in [6.07, 6.45) is 2.61. The highest BCUT2D eigenvalue weighted by atomic mass is 79.9. The van der Waals surface area contributed by atoms with Gasteiger partial charge < -0.3 is 5.11 Å². The summed E-state index contributed by atoms with van der Waals surface area (Å²) in [4.78, 5) is 0. The van der Waals surface area contributed by atoms with Crippen molar-refractivity contribution in [2.45, 2.75) is 45.6 Å². The number of rotatable bonds is 0. The molecule has 0 saturated heterocycles. The number of halogens is 1. The molecule has 1 unspecified atom stereocenters. The average molecular weight is 283 g/mol. The van der Waals surface area contributed by atoms with Crippen LogP contribution in [0, 0.1) is 5.41 Å². The van der Waals surface area contributed by atoms with Gasteiger partial charge in [-0.25, -0.2) is 0 Å². The molecule has 0 saturated carbocycles. The Hall–Kier alpha value is -0.340. The summed E-state index contributed by atoms with van der Waals surface area (Å²) >= 11 is 3.50. The van der Waals surface area contributed by atoms with Gasteiger partial charge in [0, 0.05) is 10.9 Å². The van der Waals surface area contributed by atoms with Crippen LogP contribution in [0.25, 0.3) is 0 Å². The van der Waals surface area contributed by atoms with Gasteiger partial charge in [0.1, 0.15) is 0 Å². The van der Waals surface area contributed by atoms with Gasteiger partial charge in [0.25, 0.3) is 0 Å². The monoisotopic (exact) mass is 282 g/mol. The highest BCUT2D eigenvalue weighted by Crippen LogP contribution is 2.41. The van der Waals surface area contributed by atoms with Gasteiger partial charge in [-0.15, -0.1) is 0 Å². The fourth-order valence-electron chi connectivity index (χ4n) is 2.38. The fourth-order valence-corrected chi connectivity index (χ4v) is 2.79. The second-order valence-electron chi connectivity index (χ2n) is 5.87. The first-order chi connectivity index (χ1) is 7.32. The molecule has 0 aliphatic heterocycles. The molecule has 1 aromatic rings. The second kappa shape index (κ2) is 3.85. The van der Waals surface area contributed by atoms with Crippen molar-refractivity contribution in [1.82, 2.24) is 0 Å². The Balaban J connectivity index is 2.34. The topological polar surface area (TPSA) is 20.2 Å². The lowest BCUT2D eigenvalue weighted by molar-refractivity contribution is -0.0680. The molecule has 1 aromatic carbocycles. The van der Waals surface area contributed by atoms with Gasteiger partial charge >= 0.3 is 0 Å². The Labute approximate surface area is 106 Å². The number of benzene rings is 1. The molecule has 0 heterocycles. The highest BCUT2D eigenvalue weighted by molar-refractivity contribution is 9.10. The Morgan fingerprint density at radius 2 is 1.94 bits per heavy atom. The number of hydrogen-bond donors (Lipinski definition) is 1. The zero-order chi connectivity index (χ0) is 12.0. The molecular formula is C14H19BrO. The van der Waals surface area contributed by atoms with E-state index in [-0.39, 0.29) is 5.41 Å². The van der Waals surface area contributed by atoms with E-state index in [1.54, 1.807) is 0 Å². The van der Waals surface area contributed by atoms with Gasteiger partial charge in [-0.1, -0.05) is 42.8 Å². The van der Waals surface area contributed by atoms with Crippen molar-refractivity contribution >= 4 is 15.9 Å². The molecular weight excluding hydrogens is 264 g/mol. The quantitative estimate of drug-likeness (QED) is 0.769. The number of aryl methyl sites for hydroxylation is 1. The molecule has 88 valence electrons. The van der Waals surface area contributed by atoms with E-state index >= 15 is 0 Å². The Morgan fingerprint density at radius 1 is 1.25 bits per heavy atom. The molecule has 1 nitrogen and oxygen atoms in total. The van der Waals surface area contributed by atoms with Gasteiger partial charge in [-0.3, -0.25) is 0 Å². The average Bonchev–Trinajstić information content (AvgIpc) is 2.17. The molecule has 0 aromatic heterocycles. The molecule has 0 fully saturated rings. The van der Waals surface area contributed by atoms with E-state index in [2.05, 4.69) is 54.9 Å². The molecule has 0 spiro atoms. The molecule has 2 rings (SSSR count). The molecule has 0 amide bonds. The Kier molecular flexibility index (Phi) is 2.92. The lowest BCUT2D eigenvalue weighted by Gasteiger charge is -2.43. The van der Waals surface area contributed by atoms with Crippen LogP contribution in [0.15, 0.2) is 22.7 Å². The summed E-state index contributed by atoms with van der Waals surface area (Å²) in [5.74, 6) is 0. The third kappa shape index (κ3) is 2.05. The highest BCUT2D eigenvalue weighted by Gasteiger charge is 2.42. The van der Waals surface area contributed by atoms with Crippen molar-refractivity contribution in [2.24, 2.45) is 5.41 Å². The minimum Gasteiger partial charge on any atom is -0.389 e. The zero-order valence-corrected chi connectivity index (χ0v) is 11.8.